The van der Waals surface area contributed by atoms with Crippen LogP contribution >= 0.6 is 0 Å². The summed E-state index contributed by atoms with van der Waals surface area (Å²) in [5.74, 6) is -0.928. The van der Waals surface area contributed by atoms with Crippen molar-refractivity contribution in [2.45, 2.75) is 33.1 Å². The molecule has 0 saturated carbocycles. The molecule has 1 rings (SSSR count). The lowest BCUT2D eigenvalue weighted by Crippen LogP contribution is -2.18. The molecule has 0 aromatic heterocycles. The van der Waals surface area contributed by atoms with Crippen molar-refractivity contribution in [3.05, 3.63) is 35.4 Å². The second-order valence-electron chi connectivity index (χ2n) is 4.05. The van der Waals surface area contributed by atoms with E-state index in [1.165, 1.54) is 5.56 Å². The van der Waals surface area contributed by atoms with Gasteiger partial charge >= 0.3 is 5.97 Å². The summed E-state index contributed by atoms with van der Waals surface area (Å²) in [5.41, 5.74) is 2.33. The molecule has 0 saturated heterocycles. The molecule has 0 bridgehead atoms. The molecule has 1 aromatic rings. The van der Waals surface area contributed by atoms with E-state index in [9.17, 15) is 4.79 Å². The molecular weight excluding hydrogens is 188 g/mol. The van der Waals surface area contributed by atoms with Gasteiger partial charge in [-0.25, -0.2) is 0 Å². The average Bonchev–Trinajstić information content (AvgIpc) is 2.21. The van der Waals surface area contributed by atoms with Gasteiger partial charge in [-0.05, 0) is 24.8 Å². The van der Waals surface area contributed by atoms with Gasteiger partial charge in [-0.2, -0.15) is 0 Å². The number of benzene rings is 1. The maximum absolute atomic E-state index is 10.9. The highest BCUT2D eigenvalue weighted by Crippen LogP contribution is 2.28. The van der Waals surface area contributed by atoms with Gasteiger partial charge in [0.25, 0.3) is 0 Å². The van der Waals surface area contributed by atoms with Gasteiger partial charge in [0.15, 0.2) is 0 Å². The highest BCUT2D eigenvalue weighted by atomic mass is 16.4. The van der Waals surface area contributed by atoms with Gasteiger partial charge in [0.1, 0.15) is 0 Å². The fraction of sp³-hybridized carbons (Fsp3) is 0.462. The van der Waals surface area contributed by atoms with Crippen LogP contribution in [0.15, 0.2) is 24.3 Å². The fourth-order valence-electron chi connectivity index (χ4n) is 1.86. The molecule has 0 fully saturated rings. The Balaban J connectivity index is 2.92. The molecule has 1 unspecified atom stereocenters. The third kappa shape index (κ3) is 2.82. The van der Waals surface area contributed by atoms with Crippen molar-refractivity contribution in [1.82, 2.24) is 0 Å². The summed E-state index contributed by atoms with van der Waals surface area (Å²) >= 11 is 0. The Kier molecular flexibility index (Phi) is 3.89. The predicted octanol–water partition coefficient (Wildman–Crippen LogP) is 3.21. The van der Waals surface area contributed by atoms with E-state index in [0.717, 1.165) is 12.0 Å². The quantitative estimate of drug-likeness (QED) is 0.821. The molecule has 0 heterocycles. The summed E-state index contributed by atoms with van der Waals surface area (Å²) in [5, 5.41) is 9.00. The number of hydrogen-bond donors (Lipinski definition) is 1. The third-order valence-corrected chi connectivity index (χ3v) is 2.94. The summed E-state index contributed by atoms with van der Waals surface area (Å²) in [7, 11) is 0. The normalized spacial score (nSPS) is 14.6. The van der Waals surface area contributed by atoms with Crippen LogP contribution in [-0.4, -0.2) is 11.1 Å². The van der Waals surface area contributed by atoms with E-state index in [0.29, 0.717) is 0 Å². The number of carboxylic acid groups (broad SMARTS) is 1. The largest absolute Gasteiger partial charge is 0.481 e. The Morgan fingerprint density at radius 2 is 1.87 bits per heavy atom. The summed E-state index contributed by atoms with van der Waals surface area (Å²) in [6.45, 7) is 5.84. The van der Waals surface area contributed by atoms with E-state index >= 15 is 0 Å². The van der Waals surface area contributed by atoms with Crippen LogP contribution in [-0.2, 0) is 4.79 Å². The molecule has 0 spiro atoms. The lowest BCUT2D eigenvalue weighted by Gasteiger charge is -2.19. The fourth-order valence-corrected chi connectivity index (χ4v) is 1.86. The molecule has 1 N–H and O–H groups in total. The van der Waals surface area contributed by atoms with Gasteiger partial charge in [0.05, 0.1) is 5.92 Å². The van der Waals surface area contributed by atoms with Crippen molar-refractivity contribution in [2.24, 2.45) is 5.92 Å². The number of carboxylic acids is 1. The molecule has 0 aliphatic carbocycles. The molecule has 0 radical (unpaired) electrons. The Bertz CT molecular complexity index is 327. The number of aliphatic carboxylic acids is 1. The van der Waals surface area contributed by atoms with Crippen LogP contribution in [0, 0.1) is 12.8 Å². The second-order valence-corrected chi connectivity index (χ2v) is 4.05. The Morgan fingerprint density at radius 1 is 1.33 bits per heavy atom. The lowest BCUT2D eigenvalue weighted by molar-refractivity contribution is -0.141. The summed E-state index contributed by atoms with van der Waals surface area (Å²) in [6.07, 6.45) is 0.858. The smallest absolute Gasteiger partial charge is 0.306 e. The summed E-state index contributed by atoms with van der Waals surface area (Å²) < 4.78 is 0. The highest BCUT2D eigenvalue weighted by molar-refractivity contribution is 5.70. The molecule has 15 heavy (non-hydrogen) atoms. The number of carbonyl (C=O) groups is 1. The van der Waals surface area contributed by atoms with Gasteiger partial charge in [0.2, 0.25) is 0 Å². The van der Waals surface area contributed by atoms with Gasteiger partial charge in [0, 0.05) is 0 Å². The Morgan fingerprint density at radius 3 is 2.27 bits per heavy atom. The molecular formula is C13H18O2. The van der Waals surface area contributed by atoms with Crippen molar-refractivity contribution in [1.29, 1.82) is 0 Å². The topological polar surface area (TPSA) is 37.3 Å². The molecule has 2 heteroatoms. The minimum Gasteiger partial charge on any atom is -0.481 e. The maximum Gasteiger partial charge on any atom is 0.306 e. The summed E-state index contributed by atoms with van der Waals surface area (Å²) in [4.78, 5) is 10.9. The molecule has 0 aliphatic rings. The standard InChI is InChI=1S/C13H18O2/c1-4-12(10(3)13(14)15)11-7-5-9(2)6-8-11/h5-8,10,12H,4H2,1-3H3,(H,14,15)/t10-,12?/m1/s1. The first kappa shape index (κ1) is 11.8. The molecule has 82 valence electrons. The molecule has 0 aliphatic heterocycles. The SMILES string of the molecule is CCC(c1ccc(C)cc1)[C@@H](C)C(=O)O. The maximum atomic E-state index is 10.9. The Labute approximate surface area is 90.9 Å². The average molecular weight is 206 g/mol. The summed E-state index contributed by atoms with van der Waals surface area (Å²) in [6, 6.07) is 8.13. The molecule has 1 aromatic carbocycles. The molecule has 2 atom stereocenters. The second kappa shape index (κ2) is 4.96. The zero-order valence-corrected chi connectivity index (χ0v) is 9.53. The highest BCUT2D eigenvalue weighted by Gasteiger charge is 2.23. The van der Waals surface area contributed by atoms with Crippen LogP contribution in [0.1, 0.15) is 37.3 Å². The van der Waals surface area contributed by atoms with Gasteiger partial charge in [-0.15, -0.1) is 0 Å². The number of aryl methyl sites for hydroxylation is 1. The van der Waals surface area contributed by atoms with Crippen molar-refractivity contribution in [3.8, 4) is 0 Å². The first-order valence-electron chi connectivity index (χ1n) is 5.35. The lowest BCUT2D eigenvalue weighted by atomic mass is 9.85. The van der Waals surface area contributed by atoms with Gasteiger partial charge in [-0.1, -0.05) is 43.7 Å². The van der Waals surface area contributed by atoms with Crippen molar-refractivity contribution >= 4 is 5.97 Å². The van der Waals surface area contributed by atoms with E-state index < -0.39 is 5.97 Å². The minimum atomic E-state index is -0.720. The van der Waals surface area contributed by atoms with E-state index in [4.69, 9.17) is 5.11 Å². The first-order valence-corrected chi connectivity index (χ1v) is 5.35. The van der Waals surface area contributed by atoms with Crippen molar-refractivity contribution in [3.63, 3.8) is 0 Å². The zero-order valence-electron chi connectivity index (χ0n) is 9.53. The van der Waals surface area contributed by atoms with Crippen LogP contribution in [0.3, 0.4) is 0 Å². The van der Waals surface area contributed by atoms with Crippen LogP contribution in [0.4, 0.5) is 0 Å². The third-order valence-electron chi connectivity index (χ3n) is 2.94. The van der Waals surface area contributed by atoms with E-state index in [2.05, 4.69) is 0 Å². The number of rotatable bonds is 4. The van der Waals surface area contributed by atoms with Crippen molar-refractivity contribution < 1.29 is 9.90 Å². The van der Waals surface area contributed by atoms with Crippen LogP contribution in [0.2, 0.25) is 0 Å². The Hall–Kier alpha value is -1.31. The monoisotopic (exact) mass is 206 g/mol. The first-order chi connectivity index (χ1) is 7.06. The van der Waals surface area contributed by atoms with Crippen molar-refractivity contribution in [2.75, 3.05) is 0 Å². The van der Waals surface area contributed by atoms with E-state index in [-0.39, 0.29) is 11.8 Å². The van der Waals surface area contributed by atoms with Crippen LogP contribution in [0.25, 0.3) is 0 Å². The van der Waals surface area contributed by atoms with E-state index in [1.807, 2.05) is 38.1 Å². The minimum absolute atomic E-state index is 0.114. The molecule has 2 nitrogen and oxygen atoms in total. The predicted molar refractivity (Wildman–Crippen MR) is 61.0 cm³/mol. The number of hydrogen-bond acceptors (Lipinski definition) is 1. The van der Waals surface area contributed by atoms with Gasteiger partial charge < -0.3 is 5.11 Å². The van der Waals surface area contributed by atoms with Gasteiger partial charge in [-0.3, -0.25) is 4.79 Å². The molecule has 0 amide bonds. The zero-order chi connectivity index (χ0) is 11.4. The van der Waals surface area contributed by atoms with Crippen LogP contribution in [0.5, 0.6) is 0 Å². The van der Waals surface area contributed by atoms with E-state index in [1.54, 1.807) is 6.92 Å². The van der Waals surface area contributed by atoms with Crippen LogP contribution < -0.4 is 0 Å².